The third-order valence-electron chi connectivity index (χ3n) is 2.45. The van der Waals surface area contributed by atoms with Crippen molar-refractivity contribution in [2.24, 2.45) is 0 Å². The Kier molecular flexibility index (Phi) is 2.65. The molecule has 11 heavy (non-hydrogen) atoms. The zero-order valence-corrected chi connectivity index (χ0v) is 13.8. The first-order valence-electron chi connectivity index (χ1n) is 4.07. The molecule has 0 aliphatic carbocycles. The average Bonchev–Trinajstić information content (AvgIpc) is 1.66. The maximum absolute atomic E-state index is 2.65. The molecule has 0 radical (unpaired) electrons. The molecule has 1 heterocycles. The van der Waals surface area contributed by atoms with Gasteiger partial charge in [-0.1, -0.05) is 0 Å². The Labute approximate surface area is 82.1 Å². The third kappa shape index (κ3) is 2.06. The van der Waals surface area contributed by atoms with Crippen LogP contribution in [0.5, 0.6) is 0 Å². The van der Waals surface area contributed by atoms with Gasteiger partial charge in [-0.25, -0.2) is 0 Å². The summed E-state index contributed by atoms with van der Waals surface area (Å²) in [4.78, 5) is 0. The van der Waals surface area contributed by atoms with Crippen LogP contribution in [-0.2, 0) is 0 Å². The van der Waals surface area contributed by atoms with Crippen molar-refractivity contribution in [1.29, 1.82) is 0 Å². The van der Waals surface area contributed by atoms with Gasteiger partial charge in [-0.3, -0.25) is 0 Å². The van der Waals surface area contributed by atoms with Crippen molar-refractivity contribution < 1.29 is 0 Å². The first-order chi connectivity index (χ1) is 4.66. The Hall–Kier alpha value is 1.52. The zero-order valence-electron chi connectivity index (χ0n) is 8.32. The quantitative estimate of drug-likeness (QED) is 0.617. The summed E-state index contributed by atoms with van der Waals surface area (Å²) < 4.78 is 0. The molecule has 0 spiro atoms. The van der Waals surface area contributed by atoms with E-state index in [1.54, 1.807) is 0 Å². The molecule has 66 valence electrons. The fourth-order valence-corrected chi connectivity index (χ4v) is 143. The summed E-state index contributed by atoms with van der Waals surface area (Å²) in [6, 6.07) is 0. The second kappa shape index (κ2) is 2.75. The Morgan fingerprint density at radius 2 is 1.36 bits per heavy atom. The van der Waals surface area contributed by atoms with E-state index in [9.17, 15) is 0 Å². The van der Waals surface area contributed by atoms with Crippen LogP contribution in [0.2, 0.25) is 39.3 Å². The van der Waals surface area contributed by atoms with Crippen LogP contribution in [0, 0.1) is 0 Å². The molecular formula is C6H18SSeSi3. The summed E-state index contributed by atoms with van der Waals surface area (Å²) in [5, 5.41) is 0. The van der Waals surface area contributed by atoms with E-state index in [-0.39, 0.29) is 0 Å². The molecule has 1 rings (SSSR count). The fraction of sp³-hybridized carbons (Fsp3) is 1.00. The van der Waals surface area contributed by atoms with Gasteiger partial charge in [-0.2, -0.15) is 0 Å². The second-order valence-corrected chi connectivity index (χ2v) is 52.5. The van der Waals surface area contributed by atoms with Gasteiger partial charge in [0, 0.05) is 0 Å². The van der Waals surface area contributed by atoms with Gasteiger partial charge < -0.3 is 0 Å². The van der Waals surface area contributed by atoms with Crippen molar-refractivity contribution in [3.05, 3.63) is 0 Å². The summed E-state index contributed by atoms with van der Waals surface area (Å²) in [7, 11) is 2.50. The van der Waals surface area contributed by atoms with Gasteiger partial charge in [-0.05, 0) is 0 Å². The first kappa shape index (κ1) is 10.6. The molecule has 1 saturated heterocycles. The fourth-order valence-electron chi connectivity index (χ4n) is 1.50. The topological polar surface area (TPSA) is 0 Å². The summed E-state index contributed by atoms with van der Waals surface area (Å²) in [5.41, 5.74) is 0. The van der Waals surface area contributed by atoms with Crippen molar-refractivity contribution in [3.63, 3.8) is 0 Å². The van der Waals surface area contributed by atoms with E-state index in [0.717, 1.165) is 13.7 Å². The molecule has 1 aliphatic rings. The summed E-state index contributed by atoms with van der Waals surface area (Å²) in [5.74, 6) is -0.708. The van der Waals surface area contributed by atoms with Gasteiger partial charge in [0.2, 0.25) is 0 Å². The molecule has 0 aromatic heterocycles. The molecule has 0 N–H and O–H groups in total. The van der Waals surface area contributed by atoms with E-state index in [2.05, 4.69) is 49.9 Å². The minimum absolute atomic E-state index is 0.677. The van der Waals surface area contributed by atoms with Crippen molar-refractivity contribution in [1.82, 2.24) is 0 Å². The molecule has 0 aromatic rings. The Bertz CT molecular complexity index is 161. The van der Waals surface area contributed by atoms with Crippen LogP contribution in [0.1, 0.15) is 0 Å². The van der Waals surface area contributed by atoms with E-state index in [1.807, 2.05) is 0 Å². The molecule has 0 amide bonds. The van der Waals surface area contributed by atoms with Crippen molar-refractivity contribution in [3.8, 4) is 0 Å². The second-order valence-electron chi connectivity index (χ2n) is 4.62. The third-order valence-corrected chi connectivity index (χ3v) is 83.0. The van der Waals surface area contributed by atoms with E-state index in [1.165, 1.54) is 0 Å². The Morgan fingerprint density at radius 1 is 0.909 bits per heavy atom. The van der Waals surface area contributed by atoms with E-state index < -0.39 is 18.8 Å². The molecule has 0 aromatic carbocycles. The van der Waals surface area contributed by atoms with Gasteiger partial charge in [-0.15, -0.1) is 0 Å². The molecular weight excluding hydrogens is 267 g/mol. The normalized spacial score (nSPS) is 32.2. The molecule has 0 bridgehead atoms. The molecule has 1 fully saturated rings. The Morgan fingerprint density at radius 3 is 1.45 bits per heavy atom. The number of rotatable bonds is 0. The van der Waals surface area contributed by atoms with Crippen molar-refractivity contribution in [2.45, 2.75) is 39.3 Å². The van der Waals surface area contributed by atoms with Crippen LogP contribution >= 0.6 is 10.7 Å². The van der Waals surface area contributed by atoms with E-state index in [4.69, 9.17) is 0 Å². The average molecular weight is 285 g/mol. The predicted molar refractivity (Wildman–Crippen MR) is 65.8 cm³/mol. The zero-order chi connectivity index (χ0) is 8.91. The first-order valence-corrected chi connectivity index (χ1v) is 21.3. The summed E-state index contributed by atoms with van der Waals surface area (Å²) >= 11 is 1.10. The van der Waals surface area contributed by atoms with Gasteiger partial charge in [0.25, 0.3) is 0 Å². The van der Waals surface area contributed by atoms with Crippen LogP contribution < -0.4 is 0 Å². The van der Waals surface area contributed by atoms with Crippen molar-refractivity contribution in [2.75, 3.05) is 0 Å². The minimum atomic E-state index is -0.758. The number of hydrogen-bond donors (Lipinski definition) is 0. The molecule has 0 nitrogen and oxygen atoms in total. The molecule has 5 heteroatoms. The predicted octanol–water partition coefficient (Wildman–Crippen LogP) is 2.63. The SMILES string of the molecule is C[Si]1(C)S[Si](C)(C)[Si](C)(C)[Se]1. The van der Waals surface area contributed by atoms with Crippen LogP contribution in [0.4, 0.5) is 0 Å². The standard InChI is InChI=1S/C6H18SSeSi3/c1-9(2)7-10(3,4)11(5,6)8-9/h1-6H3. The van der Waals surface area contributed by atoms with Crippen LogP contribution in [0.15, 0.2) is 0 Å². The van der Waals surface area contributed by atoms with Crippen LogP contribution in [-0.4, -0.2) is 32.4 Å². The van der Waals surface area contributed by atoms with Crippen LogP contribution in [0.25, 0.3) is 0 Å². The molecule has 1 aliphatic heterocycles. The molecule has 0 unspecified atom stereocenters. The molecule has 0 saturated carbocycles. The summed E-state index contributed by atoms with van der Waals surface area (Å²) in [6.07, 6.45) is -0.677. The van der Waals surface area contributed by atoms with Gasteiger partial charge in [0.1, 0.15) is 0 Å². The molecule has 0 atom stereocenters. The van der Waals surface area contributed by atoms with Gasteiger partial charge in [0.15, 0.2) is 0 Å². The number of hydrogen-bond acceptors (Lipinski definition) is 1. The monoisotopic (exact) mass is 286 g/mol. The van der Waals surface area contributed by atoms with Crippen molar-refractivity contribution >= 4 is 43.1 Å². The summed E-state index contributed by atoms with van der Waals surface area (Å²) in [6.45, 7) is 15.0. The van der Waals surface area contributed by atoms with E-state index in [0.29, 0.717) is 0 Å². The van der Waals surface area contributed by atoms with Gasteiger partial charge in [0.05, 0.1) is 0 Å². The Balaban J connectivity index is 2.89. The van der Waals surface area contributed by atoms with Crippen LogP contribution in [0.3, 0.4) is 0 Å². The van der Waals surface area contributed by atoms with E-state index >= 15 is 0 Å². The van der Waals surface area contributed by atoms with Gasteiger partial charge >= 0.3 is 82.4 Å². The maximum atomic E-state index is 2.65.